The fraction of sp³-hybridized carbons (Fsp3) is 0.846. The Hall–Kier alpha value is -1.10. The number of likely N-dealkylation sites (N-methyl/N-ethyl adjacent to an activating group) is 1. The molecule has 0 aliphatic heterocycles. The van der Waals surface area contributed by atoms with Gasteiger partial charge in [0.05, 0.1) is 5.60 Å². The van der Waals surface area contributed by atoms with Crippen LogP contribution in [0.1, 0.15) is 53.9 Å². The van der Waals surface area contributed by atoms with Crippen LogP contribution in [0.15, 0.2) is 0 Å². The number of amides is 2. The maximum absolute atomic E-state index is 11.9. The van der Waals surface area contributed by atoms with Gasteiger partial charge in [-0.1, -0.05) is 19.8 Å². The monoisotopic (exact) mass is 258 g/mol. The lowest BCUT2D eigenvalue weighted by molar-refractivity contribution is -0.231. The molecule has 5 heteroatoms. The lowest BCUT2D eigenvalue weighted by atomic mass is 10.1. The molecule has 0 radical (unpaired) electrons. The molecule has 0 aromatic heterocycles. The van der Waals surface area contributed by atoms with Gasteiger partial charge in [-0.3, -0.25) is 14.4 Å². The van der Waals surface area contributed by atoms with E-state index < -0.39 is 11.6 Å². The van der Waals surface area contributed by atoms with Gasteiger partial charge in [0.25, 0.3) is 0 Å². The van der Waals surface area contributed by atoms with Crippen molar-refractivity contribution in [2.45, 2.75) is 65.5 Å². The van der Waals surface area contributed by atoms with Crippen molar-refractivity contribution < 1.29 is 14.4 Å². The summed E-state index contributed by atoms with van der Waals surface area (Å²) < 4.78 is 0. The predicted molar refractivity (Wildman–Crippen MR) is 70.7 cm³/mol. The van der Waals surface area contributed by atoms with E-state index in [-0.39, 0.29) is 5.91 Å². The summed E-state index contributed by atoms with van der Waals surface area (Å²) in [5.41, 5.74) is -0.502. The van der Waals surface area contributed by atoms with E-state index in [1.165, 1.54) is 0 Å². The number of hydrogen-bond donors (Lipinski definition) is 1. The number of nitrogens with one attached hydrogen (secondary N) is 1. The minimum Gasteiger partial charge on any atom is -0.355 e. The van der Waals surface area contributed by atoms with E-state index in [1.807, 2.05) is 34.6 Å². The molecule has 5 nitrogen and oxygen atoms in total. The molecule has 0 aliphatic rings. The highest BCUT2D eigenvalue weighted by Gasteiger charge is 2.28. The molecule has 0 fully saturated rings. The van der Waals surface area contributed by atoms with Crippen LogP contribution in [-0.4, -0.2) is 35.6 Å². The molecule has 0 aromatic rings. The molecule has 0 heterocycles. The van der Waals surface area contributed by atoms with Gasteiger partial charge in [-0.15, -0.1) is 0 Å². The number of carbonyl (C=O) groups excluding carboxylic acids is 2. The fourth-order valence-electron chi connectivity index (χ4n) is 1.54. The fourth-order valence-corrected chi connectivity index (χ4v) is 1.54. The van der Waals surface area contributed by atoms with E-state index in [0.717, 1.165) is 17.9 Å². The van der Waals surface area contributed by atoms with E-state index in [0.29, 0.717) is 19.4 Å². The lowest BCUT2D eigenvalue weighted by Crippen LogP contribution is -2.48. The van der Waals surface area contributed by atoms with Crippen molar-refractivity contribution in [1.82, 2.24) is 10.4 Å². The SMILES string of the molecule is CCCC[C@@H](C(=O)NCC)N(C=O)OC(C)(C)C. The summed E-state index contributed by atoms with van der Waals surface area (Å²) in [4.78, 5) is 28.6. The van der Waals surface area contributed by atoms with Crippen molar-refractivity contribution in [2.24, 2.45) is 0 Å². The van der Waals surface area contributed by atoms with Gasteiger partial charge in [0.1, 0.15) is 6.04 Å². The smallest absolute Gasteiger partial charge is 0.245 e. The molecule has 0 bridgehead atoms. The Balaban J connectivity index is 4.77. The van der Waals surface area contributed by atoms with Crippen LogP contribution < -0.4 is 5.32 Å². The molecule has 0 aromatic carbocycles. The summed E-state index contributed by atoms with van der Waals surface area (Å²) in [6.45, 7) is 9.98. The molecular weight excluding hydrogens is 232 g/mol. The van der Waals surface area contributed by atoms with E-state index in [2.05, 4.69) is 5.32 Å². The van der Waals surface area contributed by atoms with Crippen LogP contribution in [0.4, 0.5) is 0 Å². The van der Waals surface area contributed by atoms with Crippen LogP contribution in [0.25, 0.3) is 0 Å². The standard InChI is InChI=1S/C13H26N2O3/c1-6-8-9-11(12(17)14-7-2)15(10-16)18-13(3,4)5/h10-11H,6-9H2,1-5H3,(H,14,17)/t11-/m0/s1. The quantitative estimate of drug-likeness (QED) is 0.534. The minimum absolute atomic E-state index is 0.165. The van der Waals surface area contributed by atoms with Gasteiger partial charge < -0.3 is 5.32 Å². The van der Waals surface area contributed by atoms with E-state index >= 15 is 0 Å². The normalized spacial score (nSPS) is 12.9. The van der Waals surface area contributed by atoms with Gasteiger partial charge in [-0.25, -0.2) is 5.06 Å². The Labute approximate surface area is 110 Å². The molecule has 18 heavy (non-hydrogen) atoms. The molecular formula is C13H26N2O3. The Morgan fingerprint density at radius 2 is 2.00 bits per heavy atom. The molecule has 106 valence electrons. The van der Waals surface area contributed by atoms with Gasteiger partial charge in [0, 0.05) is 6.54 Å². The highest BCUT2D eigenvalue weighted by molar-refractivity contribution is 5.83. The maximum Gasteiger partial charge on any atom is 0.245 e. The number of hydroxylamine groups is 2. The Kier molecular flexibility index (Phi) is 7.59. The molecule has 2 amide bonds. The Morgan fingerprint density at radius 1 is 1.39 bits per heavy atom. The van der Waals surface area contributed by atoms with Crippen molar-refractivity contribution in [2.75, 3.05) is 6.54 Å². The van der Waals surface area contributed by atoms with Crippen LogP contribution in [0, 0.1) is 0 Å². The Bertz CT molecular complexity index is 261. The zero-order valence-corrected chi connectivity index (χ0v) is 12.2. The summed E-state index contributed by atoms with van der Waals surface area (Å²) in [5, 5.41) is 3.88. The molecule has 0 saturated heterocycles. The summed E-state index contributed by atoms with van der Waals surface area (Å²) in [6, 6.07) is -0.554. The first-order chi connectivity index (χ1) is 8.35. The lowest BCUT2D eigenvalue weighted by Gasteiger charge is -2.32. The molecule has 0 unspecified atom stereocenters. The third kappa shape index (κ3) is 6.59. The Morgan fingerprint density at radius 3 is 2.39 bits per heavy atom. The second-order valence-electron chi connectivity index (χ2n) is 5.22. The predicted octanol–water partition coefficient (Wildman–Crippen LogP) is 1.87. The van der Waals surface area contributed by atoms with Gasteiger partial charge in [-0.05, 0) is 34.1 Å². The largest absolute Gasteiger partial charge is 0.355 e. The van der Waals surface area contributed by atoms with Crippen molar-refractivity contribution in [3.05, 3.63) is 0 Å². The minimum atomic E-state index is -0.554. The van der Waals surface area contributed by atoms with Crippen LogP contribution in [0.2, 0.25) is 0 Å². The van der Waals surface area contributed by atoms with Gasteiger partial charge in [0.2, 0.25) is 12.3 Å². The highest BCUT2D eigenvalue weighted by atomic mass is 16.7. The van der Waals surface area contributed by atoms with Crippen LogP contribution >= 0.6 is 0 Å². The summed E-state index contributed by atoms with van der Waals surface area (Å²) in [6.07, 6.45) is 3.04. The number of hydrogen-bond acceptors (Lipinski definition) is 3. The zero-order valence-electron chi connectivity index (χ0n) is 12.2. The second-order valence-corrected chi connectivity index (χ2v) is 5.22. The third-order valence-electron chi connectivity index (χ3n) is 2.28. The van der Waals surface area contributed by atoms with Crippen molar-refractivity contribution >= 4 is 12.3 Å². The average molecular weight is 258 g/mol. The molecule has 0 spiro atoms. The van der Waals surface area contributed by atoms with Crippen LogP contribution in [-0.2, 0) is 14.4 Å². The van der Waals surface area contributed by atoms with Gasteiger partial charge in [-0.2, -0.15) is 0 Å². The van der Waals surface area contributed by atoms with Crippen molar-refractivity contribution in [3.63, 3.8) is 0 Å². The van der Waals surface area contributed by atoms with Gasteiger partial charge in [0.15, 0.2) is 0 Å². The zero-order chi connectivity index (χ0) is 14.2. The van der Waals surface area contributed by atoms with Gasteiger partial charge >= 0.3 is 0 Å². The average Bonchev–Trinajstić information content (AvgIpc) is 2.26. The van der Waals surface area contributed by atoms with Crippen LogP contribution in [0.3, 0.4) is 0 Å². The van der Waals surface area contributed by atoms with Crippen LogP contribution in [0.5, 0.6) is 0 Å². The first-order valence-corrected chi connectivity index (χ1v) is 6.56. The summed E-state index contributed by atoms with van der Waals surface area (Å²) in [7, 11) is 0. The first-order valence-electron chi connectivity index (χ1n) is 6.56. The molecule has 0 aliphatic carbocycles. The van der Waals surface area contributed by atoms with E-state index in [9.17, 15) is 9.59 Å². The maximum atomic E-state index is 11.9. The molecule has 1 N–H and O–H groups in total. The topological polar surface area (TPSA) is 58.6 Å². The third-order valence-corrected chi connectivity index (χ3v) is 2.28. The molecule has 0 saturated carbocycles. The number of carbonyl (C=O) groups is 2. The van der Waals surface area contributed by atoms with E-state index in [4.69, 9.17) is 4.84 Å². The number of rotatable bonds is 8. The summed E-state index contributed by atoms with van der Waals surface area (Å²) >= 11 is 0. The number of nitrogens with zero attached hydrogens (tertiary/aromatic N) is 1. The van der Waals surface area contributed by atoms with Crippen molar-refractivity contribution in [1.29, 1.82) is 0 Å². The second kappa shape index (κ2) is 8.08. The highest BCUT2D eigenvalue weighted by Crippen LogP contribution is 2.15. The number of unbranched alkanes of at least 4 members (excludes halogenated alkanes) is 1. The molecule has 1 atom stereocenters. The van der Waals surface area contributed by atoms with Crippen molar-refractivity contribution in [3.8, 4) is 0 Å². The van der Waals surface area contributed by atoms with E-state index in [1.54, 1.807) is 0 Å². The molecule has 0 rings (SSSR count). The summed E-state index contributed by atoms with van der Waals surface area (Å²) in [5.74, 6) is -0.165. The first kappa shape index (κ1) is 16.9.